The van der Waals surface area contributed by atoms with Gasteiger partial charge in [-0.2, -0.15) is 0 Å². The van der Waals surface area contributed by atoms with Crippen LogP contribution in [0.15, 0.2) is 34.2 Å². The van der Waals surface area contributed by atoms with Crippen LogP contribution in [0.3, 0.4) is 0 Å². The van der Waals surface area contributed by atoms with E-state index in [2.05, 4.69) is 39.2 Å². The van der Waals surface area contributed by atoms with Crippen molar-refractivity contribution in [1.82, 2.24) is 10.3 Å². The van der Waals surface area contributed by atoms with Crippen molar-refractivity contribution in [3.8, 4) is 0 Å². The van der Waals surface area contributed by atoms with Gasteiger partial charge in [-0.3, -0.25) is 0 Å². The molecule has 0 radical (unpaired) electrons. The first-order chi connectivity index (χ1) is 8.70. The van der Waals surface area contributed by atoms with E-state index < -0.39 is 0 Å². The molecule has 1 heterocycles. The molecular formula is C13H16BrN3S. The summed E-state index contributed by atoms with van der Waals surface area (Å²) in [5.74, 6) is 0. The van der Waals surface area contributed by atoms with Crippen LogP contribution in [0.5, 0.6) is 0 Å². The zero-order valence-corrected chi connectivity index (χ0v) is 12.6. The van der Waals surface area contributed by atoms with Crippen molar-refractivity contribution in [2.75, 3.05) is 5.73 Å². The van der Waals surface area contributed by atoms with E-state index in [9.17, 15) is 0 Å². The molecule has 0 amide bonds. The highest BCUT2D eigenvalue weighted by Crippen LogP contribution is 2.22. The first-order valence-corrected chi connectivity index (χ1v) is 7.54. The third-order valence-corrected chi connectivity index (χ3v) is 4.38. The van der Waals surface area contributed by atoms with Crippen LogP contribution in [-0.2, 0) is 6.54 Å². The lowest BCUT2D eigenvalue weighted by molar-refractivity contribution is 0.517. The highest BCUT2D eigenvalue weighted by Gasteiger charge is 2.11. The molecule has 0 fully saturated rings. The number of thiazole rings is 1. The Balaban J connectivity index is 1.99. The summed E-state index contributed by atoms with van der Waals surface area (Å²) in [7, 11) is 0. The third-order valence-electron chi connectivity index (χ3n) is 2.77. The summed E-state index contributed by atoms with van der Waals surface area (Å²) >= 11 is 5.09. The van der Waals surface area contributed by atoms with Gasteiger partial charge in [0.05, 0.1) is 6.04 Å². The van der Waals surface area contributed by atoms with E-state index in [0.29, 0.717) is 6.04 Å². The van der Waals surface area contributed by atoms with Crippen molar-refractivity contribution >= 4 is 33.0 Å². The maximum absolute atomic E-state index is 5.87. The summed E-state index contributed by atoms with van der Waals surface area (Å²) < 4.78 is 0.943. The standard InChI is InChI=1S/C13H16BrN3S/c1-2-12(13-16-5-6-18-13)17-8-9-3-4-10(14)11(15)7-9/h3-7,12,17H,2,8,15H2,1H3. The Morgan fingerprint density at radius 1 is 1.50 bits per heavy atom. The SMILES string of the molecule is CCC(NCc1ccc(Br)c(N)c1)c1nccs1. The minimum atomic E-state index is 0.315. The maximum atomic E-state index is 5.87. The molecule has 0 aliphatic heterocycles. The number of rotatable bonds is 5. The number of nitrogen functional groups attached to an aromatic ring is 1. The number of aromatic nitrogens is 1. The molecule has 2 aromatic rings. The van der Waals surface area contributed by atoms with E-state index in [-0.39, 0.29) is 0 Å². The molecule has 0 saturated carbocycles. The quantitative estimate of drug-likeness (QED) is 0.823. The fraction of sp³-hybridized carbons (Fsp3) is 0.308. The smallest absolute Gasteiger partial charge is 0.109 e. The van der Waals surface area contributed by atoms with E-state index in [1.54, 1.807) is 11.3 Å². The number of hydrogen-bond donors (Lipinski definition) is 2. The highest BCUT2D eigenvalue weighted by atomic mass is 79.9. The summed E-state index contributed by atoms with van der Waals surface area (Å²) in [4.78, 5) is 4.36. The van der Waals surface area contributed by atoms with E-state index in [4.69, 9.17) is 5.73 Å². The van der Waals surface area contributed by atoms with Crippen LogP contribution in [0.4, 0.5) is 5.69 Å². The Morgan fingerprint density at radius 3 is 2.94 bits per heavy atom. The Morgan fingerprint density at radius 2 is 2.33 bits per heavy atom. The van der Waals surface area contributed by atoms with Gasteiger partial charge in [-0.05, 0) is 40.0 Å². The molecule has 1 unspecified atom stereocenters. The minimum Gasteiger partial charge on any atom is -0.398 e. The molecule has 1 atom stereocenters. The van der Waals surface area contributed by atoms with Crippen LogP contribution >= 0.6 is 27.3 Å². The van der Waals surface area contributed by atoms with E-state index in [0.717, 1.165) is 28.1 Å². The lowest BCUT2D eigenvalue weighted by Crippen LogP contribution is -2.20. The normalized spacial score (nSPS) is 12.6. The van der Waals surface area contributed by atoms with Crippen molar-refractivity contribution in [2.24, 2.45) is 0 Å². The van der Waals surface area contributed by atoms with Crippen LogP contribution in [0.2, 0.25) is 0 Å². The molecule has 0 spiro atoms. The maximum Gasteiger partial charge on any atom is 0.109 e. The number of nitrogens with two attached hydrogens (primary N) is 1. The first-order valence-electron chi connectivity index (χ1n) is 5.87. The third kappa shape index (κ3) is 3.31. The Labute approximate surface area is 120 Å². The van der Waals surface area contributed by atoms with Gasteiger partial charge in [0.2, 0.25) is 0 Å². The second kappa shape index (κ2) is 6.31. The monoisotopic (exact) mass is 325 g/mol. The first kappa shape index (κ1) is 13.5. The molecular weight excluding hydrogens is 310 g/mol. The van der Waals surface area contributed by atoms with Crippen molar-refractivity contribution < 1.29 is 0 Å². The lowest BCUT2D eigenvalue weighted by atomic mass is 10.1. The van der Waals surface area contributed by atoms with Crippen molar-refractivity contribution in [3.63, 3.8) is 0 Å². The molecule has 0 saturated heterocycles. The summed E-state index contributed by atoms with van der Waals surface area (Å²) in [6, 6.07) is 6.36. The molecule has 0 aliphatic carbocycles. The van der Waals surface area contributed by atoms with E-state index in [1.807, 2.05) is 23.7 Å². The lowest BCUT2D eigenvalue weighted by Gasteiger charge is -2.14. The fourth-order valence-corrected chi connectivity index (χ4v) is 2.80. The van der Waals surface area contributed by atoms with Gasteiger partial charge in [0.1, 0.15) is 5.01 Å². The molecule has 2 rings (SSSR count). The number of anilines is 1. The average molecular weight is 326 g/mol. The summed E-state index contributed by atoms with van der Waals surface area (Å²) in [6.45, 7) is 2.96. The van der Waals surface area contributed by atoms with Crippen LogP contribution in [0.25, 0.3) is 0 Å². The van der Waals surface area contributed by atoms with Crippen LogP contribution < -0.4 is 11.1 Å². The number of hydrogen-bond acceptors (Lipinski definition) is 4. The van der Waals surface area contributed by atoms with Crippen molar-refractivity contribution in [1.29, 1.82) is 0 Å². The van der Waals surface area contributed by atoms with E-state index >= 15 is 0 Å². The Hall–Kier alpha value is -0.910. The van der Waals surface area contributed by atoms with Gasteiger partial charge in [-0.1, -0.05) is 13.0 Å². The van der Waals surface area contributed by atoms with Gasteiger partial charge < -0.3 is 11.1 Å². The van der Waals surface area contributed by atoms with Crippen LogP contribution in [0.1, 0.15) is 30.0 Å². The zero-order valence-electron chi connectivity index (χ0n) is 10.2. The number of benzene rings is 1. The zero-order chi connectivity index (χ0) is 13.0. The molecule has 0 aliphatic rings. The van der Waals surface area contributed by atoms with Gasteiger partial charge in [0.15, 0.2) is 0 Å². The van der Waals surface area contributed by atoms with Gasteiger partial charge in [0.25, 0.3) is 0 Å². The molecule has 5 heteroatoms. The minimum absolute atomic E-state index is 0.315. The van der Waals surface area contributed by atoms with E-state index in [1.165, 1.54) is 5.56 Å². The molecule has 96 valence electrons. The summed E-state index contributed by atoms with van der Waals surface area (Å²) in [5, 5.41) is 6.66. The topological polar surface area (TPSA) is 50.9 Å². The van der Waals surface area contributed by atoms with Crippen LogP contribution in [-0.4, -0.2) is 4.98 Å². The fourth-order valence-electron chi connectivity index (χ4n) is 1.76. The van der Waals surface area contributed by atoms with Gasteiger partial charge >= 0.3 is 0 Å². The molecule has 18 heavy (non-hydrogen) atoms. The molecule has 0 bridgehead atoms. The second-order valence-corrected chi connectivity index (χ2v) is 5.85. The molecule has 1 aromatic carbocycles. The van der Waals surface area contributed by atoms with Crippen molar-refractivity contribution in [3.05, 3.63) is 44.8 Å². The Bertz CT molecular complexity index is 499. The van der Waals surface area contributed by atoms with Crippen LogP contribution in [0, 0.1) is 0 Å². The average Bonchev–Trinajstić information content (AvgIpc) is 2.88. The summed E-state index contributed by atoms with van der Waals surface area (Å²) in [5.41, 5.74) is 7.83. The number of nitrogens with zero attached hydrogens (tertiary/aromatic N) is 1. The Kier molecular flexibility index (Phi) is 4.74. The second-order valence-electron chi connectivity index (χ2n) is 4.07. The number of halogens is 1. The summed E-state index contributed by atoms with van der Waals surface area (Å²) in [6.07, 6.45) is 2.88. The number of nitrogens with one attached hydrogen (secondary N) is 1. The largest absolute Gasteiger partial charge is 0.398 e. The molecule has 3 nitrogen and oxygen atoms in total. The van der Waals surface area contributed by atoms with Gasteiger partial charge in [-0.25, -0.2) is 4.98 Å². The van der Waals surface area contributed by atoms with Crippen molar-refractivity contribution in [2.45, 2.75) is 25.9 Å². The van der Waals surface area contributed by atoms with Gasteiger partial charge in [-0.15, -0.1) is 11.3 Å². The van der Waals surface area contributed by atoms with Gasteiger partial charge in [0, 0.05) is 28.3 Å². The highest BCUT2D eigenvalue weighted by molar-refractivity contribution is 9.10. The predicted octanol–water partition coefficient (Wildman–Crippen LogP) is 3.73. The molecule has 1 aromatic heterocycles. The molecule has 3 N–H and O–H groups in total. The predicted molar refractivity (Wildman–Crippen MR) is 80.5 cm³/mol.